The third-order valence-electron chi connectivity index (χ3n) is 5.04. The zero-order valence-electron chi connectivity index (χ0n) is 13.3. The molecule has 0 bridgehead atoms. The Morgan fingerprint density at radius 1 is 1.09 bits per heavy atom. The van der Waals surface area contributed by atoms with Gasteiger partial charge in [-0.3, -0.25) is 4.90 Å². The van der Waals surface area contributed by atoms with Crippen LogP contribution in [0, 0.1) is 5.92 Å². The molecule has 1 saturated heterocycles. The molecule has 2 fully saturated rings. The monoisotopic (exact) mass is 322 g/mol. The fraction of sp³-hybridized carbons (Fsp3) is 0.647. The van der Waals surface area contributed by atoms with Crippen LogP contribution in [0.2, 0.25) is 0 Å². The maximum Gasteiger partial charge on any atom is 0.175 e. The van der Waals surface area contributed by atoms with E-state index in [9.17, 15) is 8.42 Å². The summed E-state index contributed by atoms with van der Waals surface area (Å²) in [6.45, 7) is 4.25. The Morgan fingerprint density at radius 3 is 2.23 bits per heavy atom. The smallest absolute Gasteiger partial charge is 0.175 e. The Labute approximate surface area is 133 Å². The van der Waals surface area contributed by atoms with E-state index in [0.717, 1.165) is 26.2 Å². The van der Waals surface area contributed by atoms with E-state index in [-0.39, 0.29) is 0 Å². The quantitative estimate of drug-likeness (QED) is 0.923. The van der Waals surface area contributed by atoms with E-state index in [1.54, 1.807) is 12.1 Å². The fourth-order valence-electron chi connectivity index (χ4n) is 3.93. The highest BCUT2D eigenvalue weighted by Gasteiger charge is 2.31. The van der Waals surface area contributed by atoms with Crippen LogP contribution in [0.15, 0.2) is 29.2 Å². The second-order valence-electron chi connectivity index (χ2n) is 6.62. The largest absolute Gasteiger partial charge is 0.314 e. The second kappa shape index (κ2) is 6.69. The zero-order valence-corrected chi connectivity index (χ0v) is 14.1. The van der Waals surface area contributed by atoms with Crippen molar-refractivity contribution >= 4 is 9.84 Å². The first-order valence-corrected chi connectivity index (χ1v) is 10.2. The SMILES string of the molecule is CS(=O)(=O)c1ccc([C@@H](C2CCCC2)N2CCNCC2)cc1. The third kappa shape index (κ3) is 3.53. The van der Waals surface area contributed by atoms with Crippen LogP contribution in [0.3, 0.4) is 0 Å². The van der Waals surface area contributed by atoms with E-state index >= 15 is 0 Å². The normalized spacial score (nSPS) is 22.8. The van der Waals surface area contributed by atoms with Crippen LogP contribution in [0.4, 0.5) is 0 Å². The molecule has 1 saturated carbocycles. The van der Waals surface area contributed by atoms with Gasteiger partial charge in [-0.05, 0) is 36.5 Å². The van der Waals surface area contributed by atoms with Crippen molar-refractivity contribution in [3.63, 3.8) is 0 Å². The van der Waals surface area contributed by atoms with Gasteiger partial charge < -0.3 is 5.32 Å². The standard InChI is InChI=1S/C17H26N2O2S/c1-22(20,21)16-8-6-15(7-9-16)17(14-4-2-3-5-14)19-12-10-18-11-13-19/h6-9,14,17-18H,2-5,10-13H2,1H3/t17-/m1/s1. The summed E-state index contributed by atoms with van der Waals surface area (Å²) in [6, 6.07) is 8.05. The van der Waals surface area contributed by atoms with Gasteiger partial charge >= 0.3 is 0 Å². The first-order chi connectivity index (χ1) is 10.6. The second-order valence-corrected chi connectivity index (χ2v) is 8.63. The molecule has 1 N–H and O–H groups in total. The van der Waals surface area contributed by atoms with Gasteiger partial charge in [0.1, 0.15) is 0 Å². The number of hydrogen-bond acceptors (Lipinski definition) is 4. The molecule has 1 heterocycles. The van der Waals surface area contributed by atoms with Crippen molar-refractivity contribution in [3.05, 3.63) is 29.8 Å². The lowest BCUT2D eigenvalue weighted by Crippen LogP contribution is -2.46. The average molecular weight is 322 g/mol. The number of piperazine rings is 1. The lowest BCUT2D eigenvalue weighted by molar-refractivity contribution is 0.125. The average Bonchev–Trinajstić information content (AvgIpc) is 3.02. The van der Waals surface area contributed by atoms with E-state index in [1.807, 2.05) is 12.1 Å². The molecule has 5 heteroatoms. The molecule has 0 spiro atoms. The Bertz CT molecular complexity index is 586. The van der Waals surface area contributed by atoms with Crippen molar-refractivity contribution in [1.82, 2.24) is 10.2 Å². The number of nitrogens with one attached hydrogen (secondary N) is 1. The Balaban J connectivity index is 1.87. The fourth-order valence-corrected chi connectivity index (χ4v) is 4.56. The topological polar surface area (TPSA) is 49.4 Å². The van der Waals surface area contributed by atoms with Gasteiger partial charge in [0.05, 0.1) is 4.90 Å². The zero-order chi connectivity index (χ0) is 15.6. The van der Waals surface area contributed by atoms with Crippen molar-refractivity contribution in [2.45, 2.75) is 36.6 Å². The summed E-state index contributed by atoms with van der Waals surface area (Å²) in [7, 11) is -3.11. The first-order valence-electron chi connectivity index (χ1n) is 8.30. The number of hydrogen-bond donors (Lipinski definition) is 1. The Morgan fingerprint density at radius 2 is 1.68 bits per heavy atom. The number of benzene rings is 1. The number of nitrogens with zero attached hydrogens (tertiary/aromatic N) is 1. The summed E-state index contributed by atoms with van der Waals surface area (Å²) in [5.74, 6) is 0.710. The highest BCUT2D eigenvalue weighted by molar-refractivity contribution is 7.90. The molecule has 4 nitrogen and oxygen atoms in total. The van der Waals surface area contributed by atoms with Gasteiger partial charge in [0, 0.05) is 38.5 Å². The van der Waals surface area contributed by atoms with E-state index in [4.69, 9.17) is 0 Å². The van der Waals surface area contributed by atoms with Gasteiger partial charge in [-0.2, -0.15) is 0 Å². The predicted molar refractivity (Wildman–Crippen MR) is 88.7 cm³/mol. The van der Waals surface area contributed by atoms with Crippen molar-refractivity contribution in [2.75, 3.05) is 32.4 Å². The maximum atomic E-state index is 11.7. The van der Waals surface area contributed by atoms with Gasteiger partial charge in [0.15, 0.2) is 9.84 Å². The number of sulfone groups is 1. The van der Waals surface area contributed by atoms with Crippen LogP contribution in [0.5, 0.6) is 0 Å². The number of rotatable bonds is 4. The molecule has 1 aliphatic carbocycles. The van der Waals surface area contributed by atoms with Crippen LogP contribution >= 0.6 is 0 Å². The van der Waals surface area contributed by atoms with E-state index in [1.165, 1.54) is 37.5 Å². The van der Waals surface area contributed by atoms with Crippen molar-refractivity contribution < 1.29 is 8.42 Å². The van der Waals surface area contributed by atoms with Crippen molar-refractivity contribution in [2.24, 2.45) is 5.92 Å². The molecular formula is C17H26N2O2S. The highest BCUT2D eigenvalue weighted by Crippen LogP contribution is 2.39. The molecule has 0 aromatic heterocycles. The summed E-state index contributed by atoms with van der Waals surface area (Å²) < 4.78 is 23.3. The van der Waals surface area contributed by atoms with Crippen molar-refractivity contribution in [3.8, 4) is 0 Å². The molecule has 1 aliphatic heterocycles. The minimum atomic E-state index is -3.11. The van der Waals surface area contributed by atoms with Crippen molar-refractivity contribution in [1.29, 1.82) is 0 Å². The molecule has 0 unspecified atom stereocenters. The molecule has 3 rings (SSSR count). The van der Waals surface area contributed by atoms with Gasteiger partial charge in [0.2, 0.25) is 0 Å². The molecule has 2 aliphatic rings. The summed E-state index contributed by atoms with van der Waals surface area (Å²) in [6.07, 6.45) is 6.51. The molecule has 1 aromatic carbocycles. The highest BCUT2D eigenvalue weighted by atomic mass is 32.2. The lowest BCUT2D eigenvalue weighted by Gasteiger charge is -2.38. The van der Waals surface area contributed by atoms with E-state index < -0.39 is 9.84 Å². The molecule has 1 aromatic rings. The Kier molecular flexibility index (Phi) is 4.85. The summed E-state index contributed by atoms with van der Waals surface area (Å²) in [4.78, 5) is 3.00. The summed E-state index contributed by atoms with van der Waals surface area (Å²) in [5, 5.41) is 3.42. The molecular weight excluding hydrogens is 296 g/mol. The molecule has 0 amide bonds. The predicted octanol–water partition coefficient (Wildman–Crippen LogP) is 2.23. The molecule has 22 heavy (non-hydrogen) atoms. The maximum absolute atomic E-state index is 11.7. The van der Waals surface area contributed by atoms with E-state index in [2.05, 4.69) is 10.2 Å². The molecule has 1 atom stereocenters. The van der Waals surface area contributed by atoms with Crippen LogP contribution < -0.4 is 5.32 Å². The van der Waals surface area contributed by atoms with Crippen LogP contribution in [-0.2, 0) is 9.84 Å². The molecule has 0 radical (unpaired) electrons. The Hall–Kier alpha value is -0.910. The molecule has 122 valence electrons. The minimum Gasteiger partial charge on any atom is -0.314 e. The van der Waals surface area contributed by atoms with Gasteiger partial charge in [-0.1, -0.05) is 25.0 Å². The summed E-state index contributed by atoms with van der Waals surface area (Å²) >= 11 is 0. The van der Waals surface area contributed by atoms with Crippen LogP contribution in [0.25, 0.3) is 0 Å². The van der Waals surface area contributed by atoms with E-state index in [0.29, 0.717) is 16.9 Å². The van der Waals surface area contributed by atoms with Crippen LogP contribution in [-0.4, -0.2) is 45.8 Å². The first kappa shape index (κ1) is 16.0. The van der Waals surface area contributed by atoms with Crippen LogP contribution in [0.1, 0.15) is 37.3 Å². The third-order valence-corrected chi connectivity index (χ3v) is 6.17. The van der Waals surface area contributed by atoms with Gasteiger partial charge in [0.25, 0.3) is 0 Å². The summed E-state index contributed by atoms with van der Waals surface area (Å²) in [5.41, 5.74) is 1.28. The minimum absolute atomic E-state index is 0.418. The lowest BCUT2D eigenvalue weighted by atomic mass is 9.90. The van der Waals surface area contributed by atoms with Gasteiger partial charge in [-0.15, -0.1) is 0 Å². The van der Waals surface area contributed by atoms with Gasteiger partial charge in [-0.25, -0.2) is 8.42 Å².